The van der Waals surface area contributed by atoms with E-state index >= 15 is 0 Å². The molecule has 4 fully saturated rings. The van der Waals surface area contributed by atoms with Crippen LogP contribution < -0.4 is 10.6 Å². The van der Waals surface area contributed by atoms with Crippen molar-refractivity contribution < 1.29 is 27.0 Å². The van der Waals surface area contributed by atoms with E-state index in [-0.39, 0.29) is 54.1 Å². The van der Waals surface area contributed by atoms with Crippen molar-refractivity contribution in [2.24, 2.45) is 11.3 Å². The number of amides is 2. The summed E-state index contributed by atoms with van der Waals surface area (Å²) in [7, 11) is -2.47. The van der Waals surface area contributed by atoms with Crippen molar-refractivity contribution in [3.63, 3.8) is 0 Å². The Balaban J connectivity index is 1.03. The average Bonchev–Trinajstić information content (AvgIpc) is 3.10. The predicted octanol–water partition coefficient (Wildman–Crippen LogP) is 3.51. The molecule has 1 aromatic rings. The first kappa shape index (κ1) is 27.1. The minimum atomic E-state index is -4.10. The third-order valence-electron chi connectivity index (χ3n) is 9.71. The van der Waals surface area contributed by atoms with Gasteiger partial charge in [-0.05, 0) is 100 Å². The summed E-state index contributed by atoms with van der Waals surface area (Å²) in [6.07, 6.45) is -0.150. The molecule has 3 aliphatic heterocycles. The number of fused-ring (bicyclic) bond motifs is 2. The smallest absolute Gasteiger partial charge is 0.349 e. The van der Waals surface area contributed by atoms with Gasteiger partial charge in [0.2, 0.25) is 5.91 Å². The number of nitrogens with one attached hydrogen (secondary N) is 2. The first-order chi connectivity index (χ1) is 18.3. The lowest BCUT2D eigenvalue weighted by Gasteiger charge is -2.37. The second-order valence-corrected chi connectivity index (χ2v) is 14.7. The largest absolute Gasteiger partial charge is 0.389 e. The molecule has 2 bridgehead atoms. The molecule has 2 N–H and O–H groups in total. The number of hydrogen-bond donors (Lipinski definition) is 2. The molecule has 2 aliphatic carbocycles. The van der Waals surface area contributed by atoms with Crippen LogP contribution in [-0.4, -0.2) is 80.8 Å². The average molecular weight is 567 g/mol. The van der Waals surface area contributed by atoms with Gasteiger partial charge in [-0.25, -0.2) is 4.31 Å². The number of aryl methyl sites for hydroxylation is 1. The predicted molar refractivity (Wildman–Crippen MR) is 145 cm³/mol. The van der Waals surface area contributed by atoms with Crippen LogP contribution in [0.15, 0.2) is 12.1 Å². The van der Waals surface area contributed by atoms with Gasteiger partial charge in [-0.3, -0.25) is 13.8 Å². The highest BCUT2D eigenvalue weighted by Crippen LogP contribution is 2.68. The molecule has 1 aromatic carbocycles. The molecule has 0 radical (unpaired) electrons. The maximum Gasteiger partial charge on any atom is 0.389 e. The van der Waals surface area contributed by atoms with E-state index in [9.17, 15) is 27.0 Å². The number of likely N-dealkylation sites (tertiary alicyclic amines) is 1. The van der Waals surface area contributed by atoms with Crippen molar-refractivity contribution in [3.05, 3.63) is 28.8 Å². The summed E-state index contributed by atoms with van der Waals surface area (Å²) in [4.78, 5) is 27.1. The third-order valence-corrected chi connectivity index (χ3v) is 12.0. The van der Waals surface area contributed by atoms with Gasteiger partial charge in [0.1, 0.15) is 0 Å². The Hall–Kier alpha value is -2.11. The molecule has 2 amide bonds. The molecule has 5 aliphatic rings. The molecule has 0 aromatic heterocycles. The molecule has 2 saturated carbocycles. The lowest BCUT2D eigenvalue weighted by molar-refractivity contribution is -0.136. The molecule has 2 unspecified atom stereocenters. The fourth-order valence-corrected chi connectivity index (χ4v) is 10.5. The minimum Gasteiger partial charge on any atom is -0.349 e. The number of piperidine rings is 3. The number of rotatable bonds is 8. The van der Waals surface area contributed by atoms with Gasteiger partial charge in [-0.1, -0.05) is 0 Å². The highest BCUT2D eigenvalue weighted by molar-refractivity contribution is 7.98. The van der Waals surface area contributed by atoms with Crippen LogP contribution in [0.1, 0.15) is 66.4 Å². The van der Waals surface area contributed by atoms with Gasteiger partial charge in [0.05, 0.1) is 6.42 Å². The molecular formula is C28H37F3N4O3S. The lowest BCUT2D eigenvalue weighted by Crippen LogP contribution is -2.49. The second kappa shape index (κ2) is 9.48. The zero-order valence-corrected chi connectivity index (χ0v) is 23.1. The van der Waals surface area contributed by atoms with Crippen LogP contribution in [0.4, 0.5) is 18.9 Å². The van der Waals surface area contributed by atoms with Gasteiger partial charge in [0.25, 0.3) is 5.91 Å². The van der Waals surface area contributed by atoms with E-state index in [1.807, 2.05) is 19.1 Å². The fraction of sp³-hybridized carbons (Fsp3) is 0.679. The van der Waals surface area contributed by atoms with E-state index in [0.717, 1.165) is 62.0 Å². The molecule has 39 heavy (non-hydrogen) atoms. The molecular weight excluding hydrogens is 529 g/mol. The van der Waals surface area contributed by atoms with Gasteiger partial charge in [0, 0.05) is 56.7 Å². The lowest BCUT2D eigenvalue weighted by atomic mass is 9.97. The summed E-state index contributed by atoms with van der Waals surface area (Å²) in [5, 5.41) is 6.10. The van der Waals surface area contributed by atoms with Gasteiger partial charge < -0.3 is 15.5 Å². The third kappa shape index (κ3) is 5.10. The van der Waals surface area contributed by atoms with Crippen molar-refractivity contribution in [2.45, 2.75) is 82.6 Å². The molecule has 11 heteroatoms. The Morgan fingerprint density at radius 3 is 2.69 bits per heavy atom. The van der Waals surface area contributed by atoms with Crippen molar-refractivity contribution >= 4 is 33.1 Å². The first-order valence-corrected chi connectivity index (χ1v) is 15.9. The number of alkyl halides is 3. The Morgan fingerprint density at radius 1 is 1.26 bits per heavy atom. The second-order valence-electron chi connectivity index (χ2n) is 12.4. The van der Waals surface area contributed by atoms with E-state index in [4.69, 9.17) is 0 Å². The summed E-state index contributed by atoms with van der Waals surface area (Å²) < 4.78 is 53.4. The number of carbonyl (C=O) groups excluding carboxylic acids is 2. The van der Waals surface area contributed by atoms with Crippen LogP contribution in [0.25, 0.3) is 0 Å². The molecule has 3 heterocycles. The van der Waals surface area contributed by atoms with Crippen LogP contribution in [-0.2, 0) is 20.9 Å². The molecule has 1 spiro atoms. The van der Waals surface area contributed by atoms with Crippen molar-refractivity contribution in [1.82, 2.24) is 14.5 Å². The fourth-order valence-electron chi connectivity index (χ4n) is 7.76. The van der Waals surface area contributed by atoms with Gasteiger partial charge in [-0.15, -0.1) is 0 Å². The monoisotopic (exact) mass is 566 g/mol. The molecule has 2 saturated heterocycles. The highest BCUT2D eigenvalue weighted by Gasteiger charge is 2.74. The molecule has 6 rings (SSSR count). The number of nitrogens with zero attached hydrogens (tertiary/aromatic N) is 2. The van der Waals surface area contributed by atoms with Gasteiger partial charge in [0.15, 0.2) is 0 Å². The van der Waals surface area contributed by atoms with Gasteiger partial charge in [-0.2, -0.15) is 13.2 Å². The Morgan fingerprint density at radius 2 is 2.00 bits per heavy atom. The maximum atomic E-state index is 13.9. The summed E-state index contributed by atoms with van der Waals surface area (Å²) in [5.41, 5.74) is 3.02. The molecule has 7 nitrogen and oxygen atoms in total. The number of benzene rings is 1. The highest BCUT2D eigenvalue weighted by atomic mass is 32.2. The Kier molecular flexibility index (Phi) is 6.58. The Labute approximate surface area is 228 Å². The topological polar surface area (TPSA) is 81.8 Å². The van der Waals surface area contributed by atoms with E-state index < -0.39 is 22.3 Å². The van der Waals surface area contributed by atoms with E-state index in [0.29, 0.717) is 17.9 Å². The number of anilines is 1. The number of halogens is 3. The van der Waals surface area contributed by atoms with Crippen LogP contribution in [0.5, 0.6) is 0 Å². The summed E-state index contributed by atoms with van der Waals surface area (Å²) >= 11 is 0. The van der Waals surface area contributed by atoms with Crippen LogP contribution >= 0.6 is 0 Å². The van der Waals surface area contributed by atoms with Crippen molar-refractivity contribution in [2.75, 3.05) is 30.7 Å². The SMILES string of the molecule is C=S(=O)(CC1CCN(CCCC(F)(F)F)CC1)N1[C@H]2C[C@H](NC(=O)c3cc4c(cc3C)NC(=O)C4)C3(C2)C[C@@H]13. The summed E-state index contributed by atoms with van der Waals surface area (Å²) in [6, 6.07) is 4.05. The van der Waals surface area contributed by atoms with E-state index in [1.165, 1.54) is 0 Å². The number of carbonyl (C=O) groups is 2. The quantitative estimate of drug-likeness (QED) is 0.472. The maximum absolute atomic E-state index is 13.9. The van der Waals surface area contributed by atoms with Crippen LogP contribution in [0.3, 0.4) is 0 Å². The van der Waals surface area contributed by atoms with E-state index in [1.54, 1.807) is 0 Å². The van der Waals surface area contributed by atoms with Crippen LogP contribution in [0.2, 0.25) is 0 Å². The zero-order valence-electron chi connectivity index (χ0n) is 22.3. The molecule has 5 atom stereocenters. The molecule has 214 valence electrons. The van der Waals surface area contributed by atoms with Gasteiger partial charge >= 0.3 is 6.18 Å². The zero-order chi connectivity index (χ0) is 27.7. The minimum absolute atomic E-state index is 0.0370. The first-order valence-electron chi connectivity index (χ1n) is 14.0. The van der Waals surface area contributed by atoms with Crippen molar-refractivity contribution in [1.29, 1.82) is 0 Å². The van der Waals surface area contributed by atoms with E-state index in [2.05, 4.69) is 25.7 Å². The normalized spacial score (nSPS) is 32.0. The standard InChI is InChI=1S/C28H37F3N4O3S/c1-17-10-22-19(12-25(36)32-22)11-21(17)26(37)33-23-13-20-14-27(23)15-24(27)35(20)39(2,38)16-18-4-8-34(9-5-18)7-3-6-28(29,30)31/h10-11,18,20,23-24H,2-9,12-16H2,1H3,(H,32,36)(H,33,37)/t20-,23-,24+,27?,39?/m0/s1. The number of hydrogen-bond acceptors (Lipinski definition) is 4. The Bertz CT molecular complexity index is 1290. The van der Waals surface area contributed by atoms with Crippen LogP contribution in [0, 0.1) is 18.3 Å². The van der Waals surface area contributed by atoms with Crippen molar-refractivity contribution in [3.8, 4) is 0 Å². The summed E-state index contributed by atoms with van der Waals surface area (Å²) in [6.45, 7) is 3.83. The summed E-state index contributed by atoms with van der Waals surface area (Å²) in [5.74, 6) is 4.84.